The van der Waals surface area contributed by atoms with Crippen molar-refractivity contribution in [2.24, 2.45) is 0 Å². The van der Waals surface area contributed by atoms with E-state index in [9.17, 15) is 4.79 Å². The summed E-state index contributed by atoms with van der Waals surface area (Å²) in [5.74, 6) is -0.353. The maximum Gasteiger partial charge on any atom is 0.303 e. The molecule has 0 aromatic carbocycles. The summed E-state index contributed by atoms with van der Waals surface area (Å²) >= 11 is 0. The van der Waals surface area contributed by atoms with Crippen LogP contribution < -0.4 is 0 Å². The maximum absolute atomic E-state index is 10.3. The minimum Gasteiger partial charge on any atom is -0.513 e. The van der Waals surface area contributed by atoms with Crippen LogP contribution in [0.15, 0.2) is 12.3 Å². The number of aliphatic hydroxyl groups is 1. The number of carboxylic acids is 1. The molecule has 0 saturated carbocycles. The van der Waals surface area contributed by atoms with Gasteiger partial charge >= 0.3 is 5.97 Å². The Labute approximate surface area is 130 Å². The minimum absolute atomic E-state index is 0.318. The third-order valence-electron chi connectivity index (χ3n) is 3.86. The summed E-state index contributed by atoms with van der Waals surface area (Å²) in [6.45, 7) is 3.49. The molecule has 124 valence electrons. The molecule has 0 rings (SSSR count). The van der Waals surface area contributed by atoms with Crippen molar-refractivity contribution in [3.05, 3.63) is 12.3 Å². The summed E-state index contributed by atoms with van der Waals surface area (Å²) in [4.78, 5) is 10.3. The van der Waals surface area contributed by atoms with Crippen molar-refractivity contribution in [3.8, 4) is 0 Å². The molecule has 3 heteroatoms. The van der Waals surface area contributed by atoms with Gasteiger partial charge in [-0.3, -0.25) is 4.79 Å². The Morgan fingerprint density at radius 1 is 0.571 bits per heavy atom. The van der Waals surface area contributed by atoms with Gasteiger partial charge in [0.25, 0.3) is 0 Å². The van der Waals surface area contributed by atoms with Crippen LogP contribution in [0, 0.1) is 0 Å². The average molecular weight is 298 g/mol. The van der Waals surface area contributed by atoms with Crippen molar-refractivity contribution < 1.29 is 15.0 Å². The monoisotopic (exact) mass is 298 g/mol. The summed E-state index contributed by atoms with van der Waals surface area (Å²) in [6.07, 6.45) is 16.9. The number of carboxylic acid groups (broad SMARTS) is 1. The first-order valence-corrected chi connectivity index (χ1v) is 8.71. The van der Waals surface area contributed by atoms with E-state index in [-0.39, 0.29) is 0 Å². The van der Waals surface area contributed by atoms with Crippen LogP contribution in [-0.2, 0) is 4.79 Å². The zero-order valence-corrected chi connectivity index (χ0v) is 13.6. The summed E-state index contributed by atoms with van der Waals surface area (Å²) < 4.78 is 0. The first-order chi connectivity index (χ1) is 10.1. The molecule has 0 aliphatic heterocycles. The van der Waals surface area contributed by atoms with Crippen LogP contribution in [0.3, 0.4) is 0 Å². The smallest absolute Gasteiger partial charge is 0.303 e. The molecule has 0 amide bonds. The second kappa shape index (κ2) is 15.4. The molecular formula is C18H34O3. The van der Waals surface area contributed by atoms with Gasteiger partial charge in [0.05, 0.1) is 5.76 Å². The molecule has 0 saturated heterocycles. The van der Waals surface area contributed by atoms with E-state index >= 15 is 0 Å². The lowest BCUT2D eigenvalue weighted by atomic mass is 10.0. The van der Waals surface area contributed by atoms with Gasteiger partial charge in [0.1, 0.15) is 0 Å². The second-order valence-corrected chi connectivity index (χ2v) is 6.06. The van der Waals surface area contributed by atoms with Gasteiger partial charge < -0.3 is 10.2 Å². The van der Waals surface area contributed by atoms with E-state index in [2.05, 4.69) is 6.58 Å². The van der Waals surface area contributed by atoms with Crippen LogP contribution in [0.5, 0.6) is 0 Å². The van der Waals surface area contributed by atoms with Crippen LogP contribution >= 0.6 is 0 Å². The first kappa shape index (κ1) is 20.0. The highest BCUT2D eigenvalue weighted by molar-refractivity contribution is 5.66. The molecular weight excluding hydrogens is 264 g/mol. The second-order valence-electron chi connectivity index (χ2n) is 6.06. The molecule has 0 aliphatic rings. The highest BCUT2D eigenvalue weighted by Gasteiger charge is 1.97. The summed E-state index contributed by atoms with van der Waals surface area (Å²) in [5.41, 5.74) is 0. The van der Waals surface area contributed by atoms with E-state index in [1.807, 2.05) is 0 Å². The fourth-order valence-electron chi connectivity index (χ4n) is 2.55. The number of aliphatic hydroxyl groups excluding tert-OH is 1. The van der Waals surface area contributed by atoms with Crippen molar-refractivity contribution in [2.45, 2.75) is 96.3 Å². The highest BCUT2D eigenvalue weighted by atomic mass is 16.4. The van der Waals surface area contributed by atoms with Crippen molar-refractivity contribution in [3.63, 3.8) is 0 Å². The van der Waals surface area contributed by atoms with Gasteiger partial charge in [0.2, 0.25) is 0 Å². The largest absolute Gasteiger partial charge is 0.513 e. The van der Waals surface area contributed by atoms with Gasteiger partial charge in [-0.1, -0.05) is 77.2 Å². The van der Waals surface area contributed by atoms with Gasteiger partial charge in [-0.25, -0.2) is 0 Å². The zero-order valence-electron chi connectivity index (χ0n) is 13.6. The molecule has 0 atom stereocenters. The molecule has 0 fully saturated rings. The number of allylic oxidation sites excluding steroid dienone is 1. The predicted molar refractivity (Wildman–Crippen MR) is 88.7 cm³/mol. The van der Waals surface area contributed by atoms with E-state index in [0.717, 1.165) is 25.7 Å². The Balaban J connectivity index is 2.99. The van der Waals surface area contributed by atoms with Gasteiger partial charge in [0, 0.05) is 12.8 Å². The SMILES string of the molecule is C=C(O)CCCCCCCCCCCCCCCC(=O)O. The third-order valence-corrected chi connectivity index (χ3v) is 3.86. The van der Waals surface area contributed by atoms with Crippen molar-refractivity contribution in [2.75, 3.05) is 0 Å². The lowest BCUT2D eigenvalue weighted by molar-refractivity contribution is -0.137. The lowest BCUT2D eigenvalue weighted by Crippen LogP contribution is -1.93. The van der Waals surface area contributed by atoms with E-state index < -0.39 is 5.97 Å². The van der Waals surface area contributed by atoms with Crippen molar-refractivity contribution in [1.82, 2.24) is 0 Å². The Kier molecular flexibility index (Phi) is 14.7. The van der Waals surface area contributed by atoms with Crippen LogP contribution in [0.4, 0.5) is 0 Å². The average Bonchev–Trinajstić information content (AvgIpc) is 2.42. The number of unbranched alkanes of at least 4 members (excludes halogenated alkanes) is 12. The Morgan fingerprint density at radius 2 is 0.857 bits per heavy atom. The topological polar surface area (TPSA) is 57.5 Å². The number of carbonyl (C=O) groups is 1. The number of rotatable bonds is 16. The third kappa shape index (κ3) is 19.0. The van der Waals surface area contributed by atoms with E-state index in [4.69, 9.17) is 10.2 Å². The molecule has 0 bridgehead atoms. The predicted octanol–water partition coefficient (Wildman–Crippen LogP) is 5.99. The van der Waals surface area contributed by atoms with Gasteiger partial charge in [0.15, 0.2) is 0 Å². The van der Waals surface area contributed by atoms with Gasteiger partial charge in [-0.15, -0.1) is 0 Å². The fourth-order valence-corrected chi connectivity index (χ4v) is 2.55. The van der Waals surface area contributed by atoms with E-state index in [1.54, 1.807) is 0 Å². The zero-order chi connectivity index (χ0) is 15.8. The summed E-state index contributed by atoms with van der Waals surface area (Å²) in [5, 5.41) is 17.5. The minimum atomic E-state index is -0.670. The van der Waals surface area contributed by atoms with Gasteiger partial charge in [-0.05, 0) is 12.8 Å². The molecule has 0 aromatic rings. The lowest BCUT2D eigenvalue weighted by Gasteiger charge is -2.03. The summed E-state index contributed by atoms with van der Waals surface area (Å²) in [6, 6.07) is 0. The van der Waals surface area contributed by atoms with Crippen LogP contribution in [0.1, 0.15) is 96.3 Å². The molecule has 0 aliphatic carbocycles. The van der Waals surface area contributed by atoms with Crippen LogP contribution in [0.2, 0.25) is 0 Å². The van der Waals surface area contributed by atoms with Crippen LogP contribution in [0.25, 0.3) is 0 Å². The Bertz CT molecular complexity index is 235. The molecule has 21 heavy (non-hydrogen) atoms. The highest BCUT2D eigenvalue weighted by Crippen LogP contribution is 2.13. The molecule has 3 nitrogen and oxygen atoms in total. The summed E-state index contributed by atoms with van der Waals surface area (Å²) in [7, 11) is 0. The number of hydrogen-bond acceptors (Lipinski definition) is 2. The van der Waals surface area contributed by atoms with Crippen molar-refractivity contribution in [1.29, 1.82) is 0 Å². The fraction of sp³-hybridized carbons (Fsp3) is 0.833. The standard InChI is InChI=1S/C18H34O3/c1-17(19)15-13-11-9-7-5-3-2-4-6-8-10-12-14-16-18(20)21/h19H,1-16H2,(H,20,21). The molecule has 0 heterocycles. The molecule has 2 N–H and O–H groups in total. The molecule has 0 unspecified atom stereocenters. The van der Waals surface area contributed by atoms with Crippen molar-refractivity contribution >= 4 is 5.97 Å². The quantitative estimate of drug-likeness (QED) is 0.271. The van der Waals surface area contributed by atoms with E-state index in [0.29, 0.717) is 12.2 Å². The van der Waals surface area contributed by atoms with Crippen LogP contribution in [-0.4, -0.2) is 16.2 Å². The maximum atomic E-state index is 10.3. The first-order valence-electron chi connectivity index (χ1n) is 8.71. The number of hydrogen-bond donors (Lipinski definition) is 2. The van der Waals surface area contributed by atoms with Gasteiger partial charge in [-0.2, -0.15) is 0 Å². The molecule has 0 aromatic heterocycles. The molecule has 0 radical (unpaired) electrons. The Morgan fingerprint density at radius 3 is 1.14 bits per heavy atom. The molecule has 0 spiro atoms. The number of aliphatic carboxylic acids is 1. The van der Waals surface area contributed by atoms with E-state index in [1.165, 1.54) is 64.2 Å². The normalized spacial score (nSPS) is 10.7. The Hall–Kier alpha value is -0.990.